The third kappa shape index (κ3) is 3.49. The summed E-state index contributed by atoms with van der Waals surface area (Å²) in [5.41, 5.74) is 7.14. The molecule has 0 spiro atoms. The first-order valence-electron chi connectivity index (χ1n) is 6.20. The second kappa shape index (κ2) is 6.83. The van der Waals surface area contributed by atoms with Crippen LogP contribution in [0.3, 0.4) is 0 Å². The van der Waals surface area contributed by atoms with Crippen LogP contribution in [0.4, 0.5) is 5.69 Å². The lowest BCUT2D eigenvalue weighted by Crippen LogP contribution is -2.02. The minimum atomic E-state index is -1.33. The molecule has 0 saturated heterocycles. The molecule has 0 amide bonds. The molecule has 0 aliphatic rings. The van der Waals surface area contributed by atoms with E-state index in [4.69, 9.17) is 26.8 Å². The molecule has 1 unspecified atom stereocenters. The molecule has 0 aromatic heterocycles. The minimum Gasteiger partial charge on any atom is -0.493 e. The van der Waals surface area contributed by atoms with E-state index in [2.05, 4.69) is 0 Å². The molecule has 2 aromatic rings. The van der Waals surface area contributed by atoms with Crippen molar-refractivity contribution in [3.63, 3.8) is 0 Å². The maximum atomic E-state index is 12.5. The van der Waals surface area contributed by atoms with Crippen LogP contribution in [0, 0.1) is 0 Å². The van der Waals surface area contributed by atoms with Gasteiger partial charge in [0, 0.05) is 5.69 Å². The predicted octanol–water partition coefficient (Wildman–Crippen LogP) is 3.25. The molecule has 0 aliphatic heterocycles. The molecular weight excluding hydrogens is 310 g/mol. The van der Waals surface area contributed by atoms with E-state index in [1.54, 1.807) is 44.6 Å². The first-order valence-corrected chi connectivity index (χ1v) is 7.89. The number of rotatable bonds is 5. The third-order valence-electron chi connectivity index (χ3n) is 2.97. The fourth-order valence-corrected chi connectivity index (χ4v) is 3.64. The lowest BCUT2D eigenvalue weighted by atomic mass is 10.2. The first kappa shape index (κ1) is 15.7. The lowest BCUT2D eigenvalue weighted by Gasteiger charge is -2.11. The van der Waals surface area contributed by atoms with Crippen LogP contribution in [0.2, 0.25) is 5.02 Å². The Hall–Kier alpha value is -1.72. The molecule has 0 aliphatic carbocycles. The molecule has 0 radical (unpaired) electrons. The van der Waals surface area contributed by atoms with E-state index in [-0.39, 0.29) is 0 Å². The Kier molecular flexibility index (Phi) is 5.09. The molecule has 6 heteroatoms. The Morgan fingerprint density at radius 3 is 2.48 bits per heavy atom. The first-order chi connectivity index (χ1) is 10.1. The summed E-state index contributed by atoms with van der Waals surface area (Å²) >= 11 is 6.08. The normalized spacial score (nSPS) is 12.0. The summed E-state index contributed by atoms with van der Waals surface area (Å²) in [6, 6.07) is 10.5. The smallest absolute Gasteiger partial charge is 0.161 e. The van der Waals surface area contributed by atoms with Crippen molar-refractivity contribution in [1.29, 1.82) is 0 Å². The van der Waals surface area contributed by atoms with E-state index in [0.717, 1.165) is 5.56 Å². The Morgan fingerprint density at radius 1 is 1.14 bits per heavy atom. The molecule has 0 heterocycles. The average Bonchev–Trinajstić information content (AvgIpc) is 2.46. The van der Waals surface area contributed by atoms with Crippen LogP contribution in [0.15, 0.2) is 41.3 Å². The maximum Gasteiger partial charge on any atom is 0.161 e. The van der Waals surface area contributed by atoms with Gasteiger partial charge in [-0.1, -0.05) is 23.7 Å². The number of anilines is 1. The maximum absolute atomic E-state index is 12.5. The molecule has 4 nitrogen and oxygen atoms in total. The van der Waals surface area contributed by atoms with E-state index < -0.39 is 10.8 Å². The lowest BCUT2D eigenvalue weighted by molar-refractivity contribution is 0.354. The standard InChI is InChI=1S/C15H16ClNO3S/c1-19-13-7-6-10(8-14(13)20-2)9-21(18)15-11(16)4-3-5-12(15)17/h3-8H,9,17H2,1-2H3. The van der Waals surface area contributed by atoms with Crippen LogP contribution in [-0.2, 0) is 16.6 Å². The summed E-state index contributed by atoms with van der Waals surface area (Å²) in [5, 5.41) is 0.411. The summed E-state index contributed by atoms with van der Waals surface area (Å²) < 4.78 is 22.9. The van der Waals surface area contributed by atoms with Crippen molar-refractivity contribution in [2.45, 2.75) is 10.6 Å². The number of hydrogen-bond acceptors (Lipinski definition) is 4. The van der Waals surface area contributed by atoms with Gasteiger partial charge in [-0.05, 0) is 29.8 Å². The van der Waals surface area contributed by atoms with Gasteiger partial charge in [0.1, 0.15) is 0 Å². The molecular formula is C15H16ClNO3S. The largest absolute Gasteiger partial charge is 0.493 e. The number of nitrogens with two attached hydrogens (primary N) is 1. The van der Waals surface area contributed by atoms with Crippen molar-refractivity contribution in [1.82, 2.24) is 0 Å². The van der Waals surface area contributed by atoms with E-state index in [9.17, 15) is 4.21 Å². The van der Waals surface area contributed by atoms with Gasteiger partial charge in [-0.25, -0.2) is 0 Å². The van der Waals surface area contributed by atoms with Gasteiger partial charge >= 0.3 is 0 Å². The molecule has 112 valence electrons. The van der Waals surface area contributed by atoms with Gasteiger partial charge in [0.05, 0.1) is 40.7 Å². The summed E-state index contributed by atoms with van der Waals surface area (Å²) in [6.45, 7) is 0. The molecule has 21 heavy (non-hydrogen) atoms. The number of nitrogen functional groups attached to an aromatic ring is 1. The van der Waals surface area contributed by atoms with Crippen molar-refractivity contribution < 1.29 is 13.7 Å². The van der Waals surface area contributed by atoms with E-state index in [1.807, 2.05) is 6.07 Å². The average molecular weight is 326 g/mol. The Balaban J connectivity index is 2.28. The SMILES string of the molecule is COc1ccc(CS(=O)c2c(N)cccc2Cl)cc1OC. The van der Waals surface area contributed by atoms with Crippen LogP contribution in [-0.4, -0.2) is 18.4 Å². The van der Waals surface area contributed by atoms with Crippen molar-refractivity contribution in [3.05, 3.63) is 47.0 Å². The zero-order chi connectivity index (χ0) is 15.4. The molecule has 2 aromatic carbocycles. The summed E-state index contributed by atoms with van der Waals surface area (Å²) in [4.78, 5) is 0.467. The van der Waals surface area contributed by atoms with Crippen molar-refractivity contribution >= 4 is 28.1 Å². The van der Waals surface area contributed by atoms with Gasteiger partial charge in [-0.15, -0.1) is 0 Å². The van der Waals surface area contributed by atoms with Crippen LogP contribution in [0.25, 0.3) is 0 Å². The minimum absolute atomic E-state index is 0.300. The monoisotopic (exact) mass is 325 g/mol. The van der Waals surface area contributed by atoms with Gasteiger partial charge in [0.25, 0.3) is 0 Å². The zero-order valence-electron chi connectivity index (χ0n) is 11.8. The van der Waals surface area contributed by atoms with Gasteiger partial charge in [-0.2, -0.15) is 0 Å². The highest BCUT2D eigenvalue weighted by Gasteiger charge is 2.14. The van der Waals surface area contributed by atoms with Crippen molar-refractivity contribution in [3.8, 4) is 11.5 Å². The highest BCUT2D eigenvalue weighted by molar-refractivity contribution is 7.84. The van der Waals surface area contributed by atoms with E-state index in [1.165, 1.54) is 0 Å². The number of methoxy groups -OCH3 is 2. The second-order valence-electron chi connectivity index (χ2n) is 4.34. The van der Waals surface area contributed by atoms with E-state index in [0.29, 0.717) is 32.9 Å². The second-order valence-corrected chi connectivity index (χ2v) is 6.13. The Bertz CT molecular complexity index is 656. The van der Waals surface area contributed by atoms with Crippen LogP contribution < -0.4 is 15.2 Å². The molecule has 2 rings (SSSR count). The Morgan fingerprint density at radius 2 is 1.86 bits per heavy atom. The summed E-state index contributed by atoms with van der Waals surface area (Å²) in [6.07, 6.45) is 0. The molecule has 2 N–H and O–H groups in total. The fraction of sp³-hybridized carbons (Fsp3) is 0.200. The molecule has 0 bridgehead atoms. The number of halogens is 1. The highest BCUT2D eigenvalue weighted by Crippen LogP contribution is 2.31. The zero-order valence-corrected chi connectivity index (χ0v) is 13.3. The molecule has 0 fully saturated rings. The van der Waals surface area contributed by atoms with Crippen LogP contribution in [0.1, 0.15) is 5.56 Å². The topological polar surface area (TPSA) is 61.5 Å². The molecule has 0 saturated carbocycles. The quantitative estimate of drug-likeness (QED) is 0.857. The van der Waals surface area contributed by atoms with Gasteiger partial charge in [0.2, 0.25) is 0 Å². The van der Waals surface area contributed by atoms with E-state index >= 15 is 0 Å². The van der Waals surface area contributed by atoms with Gasteiger partial charge in [-0.3, -0.25) is 4.21 Å². The number of hydrogen-bond donors (Lipinski definition) is 1. The molecule has 1 atom stereocenters. The summed E-state index contributed by atoms with van der Waals surface area (Å²) in [5.74, 6) is 1.53. The van der Waals surface area contributed by atoms with Crippen LogP contribution in [0.5, 0.6) is 11.5 Å². The highest BCUT2D eigenvalue weighted by atomic mass is 35.5. The fourth-order valence-electron chi connectivity index (χ4n) is 1.96. The van der Waals surface area contributed by atoms with Gasteiger partial charge in [0.15, 0.2) is 11.5 Å². The number of ether oxygens (including phenoxy) is 2. The summed E-state index contributed by atoms with van der Waals surface area (Å²) in [7, 11) is 1.80. The van der Waals surface area contributed by atoms with Crippen molar-refractivity contribution in [2.24, 2.45) is 0 Å². The van der Waals surface area contributed by atoms with Crippen molar-refractivity contribution in [2.75, 3.05) is 20.0 Å². The number of benzene rings is 2. The Labute approximate surface area is 131 Å². The van der Waals surface area contributed by atoms with Crippen LogP contribution >= 0.6 is 11.6 Å². The predicted molar refractivity (Wildman–Crippen MR) is 85.5 cm³/mol. The van der Waals surface area contributed by atoms with Gasteiger partial charge < -0.3 is 15.2 Å². The third-order valence-corrected chi connectivity index (χ3v) is 4.90.